The van der Waals surface area contributed by atoms with Crippen molar-refractivity contribution >= 4 is 23.7 Å². The van der Waals surface area contributed by atoms with Gasteiger partial charge in [0.2, 0.25) is 0 Å². The van der Waals surface area contributed by atoms with Gasteiger partial charge in [0.05, 0.1) is 6.21 Å². The Balaban J connectivity index is 1.87. The lowest BCUT2D eigenvalue weighted by Crippen LogP contribution is -2.32. The van der Waals surface area contributed by atoms with E-state index in [-0.39, 0.29) is 0 Å². The number of benzene rings is 2. The lowest BCUT2D eigenvalue weighted by Gasteiger charge is -2.07. The highest BCUT2D eigenvalue weighted by Gasteiger charge is 2.12. The Labute approximate surface area is 135 Å². The SMILES string of the molecule is CC(C)c1ccc(NC(=O)C(=O)N/N=C\c2ccccc2)cc1. The van der Waals surface area contributed by atoms with Gasteiger partial charge in [0.15, 0.2) is 0 Å². The summed E-state index contributed by atoms with van der Waals surface area (Å²) in [7, 11) is 0. The number of nitrogens with zero attached hydrogens (tertiary/aromatic N) is 1. The molecule has 0 radical (unpaired) electrons. The van der Waals surface area contributed by atoms with Crippen LogP contribution in [0.15, 0.2) is 59.7 Å². The van der Waals surface area contributed by atoms with Crippen LogP contribution in [0.1, 0.15) is 30.9 Å². The molecule has 2 aromatic rings. The van der Waals surface area contributed by atoms with E-state index >= 15 is 0 Å². The molecule has 0 saturated carbocycles. The van der Waals surface area contributed by atoms with E-state index in [1.807, 2.05) is 42.5 Å². The molecule has 5 heteroatoms. The fourth-order valence-corrected chi connectivity index (χ4v) is 1.89. The second-order valence-electron chi connectivity index (χ2n) is 5.34. The molecule has 0 aliphatic heterocycles. The van der Waals surface area contributed by atoms with Crippen LogP contribution in [0.3, 0.4) is 0 Å². The van der Waals surface area contributed by atoms with E-state index in [0.717, 1.165) is 5.56 Å². The fraction of sp³-hybridized carbons (Fsp3) is 0.167. The van der Waals surface area contributed by atoms with E-state index < -0.39 is 11.8 Å². The molecule has 2 rings (SSSR count). The molecule has 5 nitrogen and oxygen atoms in total. The fourth-order valence-electron chi connectivity index (χ4n) is 1.89. The van der Waals surface area contributed by atoms with Crippen molar-refractivity contribution in [3.8, 4) is 0 Å². The smallest absolute Gasteiger partial charge is 0.318 e. The Hall–Kier alpha value is -2.95. The van der Waals surface area contributed by atoms with Crippen LogP contribution in [-0.4, -0.2) is 18.0 Å². The van der Waals surface area contributed by atoms with E-state index in [0.29, 0.717) is 11.6 Å². The summed E-state index contributed by atoms with van der Waals surface area (Å²) in [6.45, 7) is 4.18. The third kappa shape index (κ3) is 5.07. The Bertz CT molecular complexity index is 692. The van der Waals surface area contributed by atoms with E-state index in [1.165, 1.54) is 11.8 Å². The summed E-state index contributed by atoms with van der Waals surface area (Å²) in [5.41, 5.74) is 4.77. The van der Waals surface area contributed by atoms with Gasteiger partial charge in [-0.25, -0.2) is 5.43 Å². The minimum atomic E-state index is -0.815. The molecule has 23 heavy (non-hydrogen) atoms. The van der Waals surface area contributed by atoms with Gasteiger partial charge in [-0.2, -0.15) is 5.10 Å². The van der Waals surface area contributed by atoms with E-state index in [1.54, 1.807) is 12.1 Å². The van der Waals surface area contributed by atoms with Crippen molar-refractivity contribution in [1.29, 1.82) is 0 Å². The molecule has 2 aromatic carbocycles. The third-order valence-corrected chi connectivity index (χ3v) is 3.22. The van der Waals surface area contributed by atoms with Crippen LogP contribution in [0.5, 0.6) is 0 Å². The molecule has 0 heterocycles. The molecule has 0 atom stereocenters. The molecule has 0 bridgehead atoms. The Kier molecular flexibility index (Phi) is 5.63. The topological polar surface area (TPSA) is 70.6 Å². The van der Waals surface area contributed by atoms with Gasteiger partial charge >= 0.3 is 11.8 Å². The van der Waals surface area contributed by atoms with Crippen LogP contribution >= 0.6 is 0 Å². The van der Waals surface area contributed by atoms with Crippen LogP contribution in [0.25, 0.3) is 0 Å². The van der Waals surface area contributed by atoms with Gasteiger partial charge in [0.25, 0.3) is 0 Å². The minimum absolute atomic E-state index is 0.412. The number of hydrogen-bond acceptors (Lipinski definition) is 3. The highest BCUT2D eigenvalue weighted by Crippen LogP contribution is 2.16. The maximum atomic E-state index is 11.8. The number of nitrogens with one attached hydrogen (secondary N) is 2. The molecule has 2 N–H and O–H groups in total. The lowest BCUT2D eigenvalue weighted by atomic mass is 10.0. The number of carbonyl (C=O) groups is 2. The zero-order valence-corrected chi connectivity index (χ0v) is 13.1. The first kappa shape index (κ1) is 16.4. The maximum absolute atomic E-state index is 11.8. The molecular weight excluding hydrogens is 290 g/mol. The number of rotatable bonds is 4. The summed E-state index contributed by atoms with van der Waals surface area (Å²) in [5.74, 6) is -1.16. The Morgan fingerprint density at radius 2 is 1.61 bits per heavy atom. The normalized spacial score (nSPS) is 10.7. The first-order chi connectivity index (χ1) is 11.1. The molecule has 0 aromatic heterocycles. The predicted octanol–water partition coefficient (Wildman–Crippen LogP) is 2.90. The first-order valence-corrected chi connectivity index (χ1v) is 7.35. The van der Waals surface area contributed by atoms with Gasteiger partial charge in [0, 0.05) is 5.69 Å². The van der Waals surface area contributed by atoms with Crippen LogP contribution in [0, 0.1) is 0 Å². The molecule has 2 amide bonds. The van der Waals surface area contributed by atoms with Crippen molar-refractivity contribution in [2.24, 2.45) is 5.10 Å². The summed E-state index contributed by atoms with van der Waals surface area (Å²) in [6, 6.07) is 16.7. The zero-order valence-electron chi connectivity index (χ0n) is 13.1. The predicted molar refractivity (Wildman–Crippen MR) is 91.3 cm³/mol. The number of hydrogen-bond donors (Lipinski definition) is 2. The quantitative estimate of drug-likeness (QED) is 0.518. The number of amides is 2. The van der Waals surface area contributed by atoms with Crippen molar-refractivity contribution in [1.82, 2.24) is 5.43 Å². The highest BCUT2D eigenvalue weighted by atomic mass is 16.2. The summed E-state index contributed by atoms with van der Waals surface area (Å²) in [6.07, 6.45) is 1.47. The summed E-state index contributed by atoms with van der Waals surface area (Å²) < 4.78 is 0. The second kappa shape index (κ2) is 7.89. The Morgan fingerprint density at radius 1 is 0.957 bits per heavy atom. The van der Waals surface area contributed by atoms with Crippen LogP contribution in [-0.2, 0) is 9.59 Å². The van der Waals surface area contributed by atoms with Crippen LogP contribution in [0.4, 0.5) is 5.69 Å². The van der Waals surface area contributed by atoms with Crippen molar-refractivity contribution in [3.63, 3.8) is 0 Å². The zero-order chi connectivity index (χ0) is 16.7. The average Bonchev–Trinajstić information content (AvgIpc) is 2.56. The van der Waals surface area contributed by atoms with E-state index in [2.05, 4.69) is 29.7 Å². The minimum Gasteiger partial charge on any atom is -0.318 e. The number of carbonyl (C=O) groups excluding carboxylic acids is 2. The van der Waals surface area contributed by atoms with Crippen LogP contribution < -0.4 is 10.7 Å². The summed E-state index contributed by atoms with van der Waals surface area (Å²) in [5, 5.41) is 6.29. The summed E-state index contributed by atoms with van der Waals surface area (Å²) in [4.78, 5) is 23.5. The van der Waals surface area contributed by atoms with E-state index in [4.69, 9.17) is 0 Å². The molecule has 0 aliphatic rings. The molecule has 0 saturated heterocycles. The van der Waals surface area contributed by atoms with Gasteiger partial charge in [-0.15, -0.1) is 0 Å². The molecule has 0 fully saturated rings. The lowest BCUT2D eigenvalue weighted by molar-refractivity contribution is -0.136. The Morgan fingerprint density at radius 3 is 2.22 bits per heavy atom. The van der Waals surface area contributed by atoms with Crippen molar-refractivity contribution < 1.29 is 9.59 Å². The highest BCUT2D eigenvalue weighted by molar-refractivity contribution is 6.39. The van der Waals surface area contributed by atoms with Gasteiger partial charge in [-0.3, -0.25) is 9.59 Å². The van der Waals surface area contributed by atoms with Crippen molar-refractivity contribution in [2.75, 3.05) is 5.32 Å². The molecule has 0 aliphatic carbocycles. The molecular formula is C18H19N3O2. The third-order valence-electron chi connectivity index (χ3n) is 3.22. The largest absolute Gasteiger partial charge is 0.329 e. The standard InChI is InChI=1S/C18H19N3O2/c1-13(2)15-8-10-16(11-9-15)20-17(22)18(23)21-19-12-14-6-4-3-5-7-14/h3-13H,1-2H3,(H,20,22)(H,21,23)/b19-12-. The van der Waals surface area contributed by atoms with E-state index in [9.17, 15) is 9.59 Å². The van der Waals surface area contributed by atoms with Gasteiger partial charge in [0.1, 0.15) is 0 Å². The van der Waals surface area contributed by atoms with Crippen LogP contribution in [0.2, 0.25) is 0 Å². The average molecular weight is 309 g/mol. The van der Waals surface area contributed by atoms with Gasteiger partial charge < -0.3 is 5.32 Å². The summed E-state index contributed by atoms with van der Waals surface area (Å²) >= 11 is 0. The molecule has 118 valence electrons. The molecule has 0 spiro atoms. The second-order valence-corrected chi connectivity index (χ2v) is 5.34. The van der Waals surface area contributed by atoms with Gasteiger partial charge in [-0.05, 0) is 29.2 Å². The van der Waals surface area contributed by atoms with Crippen molar-refractivity contribution in [2.45, 2.75) is 19.8 Å². The molecule has 0 unspecified atom stereocenters. The monoisotopic (exact) mass is 309 g/mol. The van der Waals surface area contributed by atoms with Gasteiger partial charge in [-0.1, -0.05) is 56.3 Å². The first-order valence-electron chi connectivity index (χ1n) is 7.35. The van der Waals surface area contributed by atoms with Crippen molar-refractivity contribution in [3.05, 3.63) is 65.7 Å². The number of anilines is 1. The maximum Gasteiger partial charge on any atom is 0.329 e. The number of hydrazone groups is 1.